The van der Waals surface area contributed by atoms with Gasteiger partial charge in [0.15, 0.2) is 0 Å². The van der Waals surface area contributed by atoms with E-state index in [2.05, 4.69) is 6.08 Å². The van der Waals surface area contributed by atoms with Gasteiger partial charge in [-0.1, -0.05) is 23.8 Å². The van der Waals surface area contributed by atoms with E-state index in [1.165, 1.54) is 19.6 Å². The molecule has 1 saturated carbocycles. The molecule has 3 aliphatic rings. The number of hydrogen-bond acceptors (Lipinski definition) is 6. The fourth-order valence-electron chi connectivity index (χ4n) is 5.41. The first-order chi connectivity index (χ1) is 13.6. The maximum absolute atomic E-state index is 13.4. The monoisotopic (exact) mass is 402 g/mol. The van der Waals surface area contributed by atoms with E-state index in [9.17, 15) is 14.4 Å². The summed E-state index contributed by atoms with van der Waals surface area (Å²) >= 11 is 0. The van der Waals surface area contributed by atoms with Gasteiger partial charge in [0.25, 0.3) is 0 Å². The van der Waals surface area contributed by atoms with Crippen molar-refractivity contribution in [2.24, 2.45) is 11.3 Å². The average molecular weight is 402 g/mol. The van der Waals surface area contributed by atoms with E-state index in [0.29, 0.717) is 24.8 Å². The van der Waals surface area contributed by atoms with Gasteiger partial charge in [-0.05, 0) is 59.0 Å². The number of carbonyl (C=O) groups is 3. The highest BCUT2D eigenvalue weighted by molar-refractivity contribution is 5.88. The Morgan fingerprint density at radius 2 is 2.00 bits per heavy atom. The SMILES string of the molecule is COC(=O)C(C)=CC=C[C@@]1(C)OC(=O)[C@]23CC=C(C)CC[C@]2(OC(C)=O)[C@H]1CC3. The zero-order valence-electron chi connectivity index (χ0n) is 17.9. The topological polar surface area (TPSA) is 78.9 Å². The first kappa shape index (κ1) is 21.3. The molecule has 0 aromatic carbocycles. The van der Waals surface area contributed by atoms with Crippen LogP contribution in [0.25, 0.3) is 0 Å². The van der Waals surface area contributed by atoms with Crippen molar-refractivity contribution in [2.75, 3.05) is 7.11 Å². The molecule has 6 heteroatoms. The summed E-state index contributed by atoms with van der Waals surface area (Å²) in [5, 5.41) is 0. The van der Waals surface area contributed by atoms with E-state index in [1.54, 1.807) is 25.2 Å². The summed E-state index contributed by atoms with van der Waals surface area (Å²) in [7, 11) is 1.33. The molecule has 29 heavy (non-hydrogen) atoms. The van der Waals surface area contributed by atoms with Gasteiger partial charge in [-0.25, -0.2) is 4.79 Å². The van der Waals surface area contributed by atoms with Crippen molar-refractivity contribution in [3.8, 4) is 0 Å². The highest BCUT2D eigenvalue weighted by atomic mass is 16.6. The van der Waals surface area contributed by atoms with Gasteiger partial charge >= 0.3 is 17.9 Å². The molecule has 1 heterocycles. The molecule has 0 N–H and O–H groups in total. The Morgan fingerprint density at radius 1 is 1.28 bits per heavy atom. The smallest absolute Gasteiger partial charge is 0.333 e. The zero-order valence-corrected chi connectivity index (χ0v) is 17.9. The Bertz CT molecular complexity index is 821. The first-order valence-electron chi connectivity index (χ1n) is 10.1. The number of hydrogen-bond donors (Lipinski definition) is 0. The van der Waals surface area contributed by atoms with Crippen molar-refractivity contribution in [3.63, 3.8) is 0 Å². The second kappa shape index (κ2) is 7.47. The molecule has 1 saturated heterocycles. The highest BCUT2D eigenvalue weighted by Gasteiger charge is 2.74. The lowest BCUT2D eigenvalue weighted by molar-refractivity contribution is -0.235. The van der Waals surface area contributed by atoms with Crippen molar-refractivity contribution in [1.29, 1.82) is 0 Å². The van der Waals surface area contributed by atoms with Gasteiger partial charge in [0, 0.05) is 18.4 Å². The molecule has 158 valence electrons. The minimum atomic E-state index is -0.933. The maximum atomic E-state index is 13.4. The molecule has 0 aromatic heterocycles. The molecule has 2 bridgehead atoms. The number of carbonyl (C=O) groups excluding carboxylic acids is 3. The van der Waals surface area contributed by atoms with Crippen LogP contribution < -0.4 is 0 Å². The Balaban J connectivity index is 2.03. The number of esters is 3. The van der Waals surface area contributed by atoms with E-state index >= 15 is 0 Å². The molecule has 0 amide bonds. The van der Waals surface area contributed by atoms with Crippen molar-refractivity contribution in [3.05, 3.63) is 35.5 Å². The summed E-state index contributed by atoms with van der Waals surface area (Å²) in [6.07, 6.45) is 10.5. The number of methoxy groups -OCH3 is 1. The van der Waals surface area contributed by atoms with Crippen molar-refractivity contribution < 1.29 is 28.6 Å². The molecule has 0 spiro atoms. The van der Waals surface area contributed by atoms with Crippen LogP contribution in [-0.4, -0.2) is 36.2 Å². The van der Waals surface area contributed by atoms with Crippen LogP contribution in [0.1, 0.15) is 59.8 Å². The summed E-state index contributed by atoms with van der Waals surface area (Å²) in [5.41, 5.74) is -1.00. The van der Waals surface area contributed by atoms with Crippen LogP contribution in [0, 0.1) is 11.3 Å². The molecular formula is C23H30O6. The normalized spacial score (nSPS) is 36.7. The summed E-state index contributed by atoms with van der Waals surface area (Å²) in [6, 6.07) is 0. The summed E-state index contributed by atoms with van der Waals surface area (Å²) < 4.78 is 16.7. The van der Waals surface area contributed by atoms with Crippen LogP contribution in [0.15, 0.2) is 35.5 Å². The molecule has 1 aliphatic heterocycles. The third-order valence-electron chi connectivity index (χ3n) is 6.92. The lowest BCUT2D eigenvalue weighted by atomic mass is 9.62. The van der Waals surface area contributed by atoms with Gasteiger partial charge in [0.1, 0.15) is 16.6 Å². The number of allylic oxidation sites excluding steroid dienone is 4. The van der Waals surface area contributed by atoms with E-state index in [0.717, 1.165) is 12.8 Å². The van der Waals surface area contributed by atoms with E-state index in [1.807, 2.05) is 13.8 Å². The number of ether oxygens (including phenoxy) is 3. The van der Waals surface area contributed by atoms with Crippen LogP contribution in [-0.2, 0) is 28.6 Å². The Labute approximate surface area is 172 Å². The Morgan fingerprint density at radius 3 is 2.66 bits per heavy atom. The Hall–Kier alpha value is -2.37. The second-order valence-corrected chi connectivity index (χ2v) is 8.68. The molecule has 0 radical (unpaired) electrons. The molecule has 6 nitrogen and oxygen atoms in total. The maximum Gasteiger partial charge on any atom is 0.333 e. The van der Waals surface area contributed by atoms with Crippen LogP contribution in [0.3, 0.4) is 0 Å². The van der Waals surface area contributed by atoms with E-state index in [4.69, 9.17) is 14.2 Å². The van der Waals surface area contributed by atoms with Crippen molar-refractivity contribution in [2.45, 2.75) is 71.0 Å². The standard InChI is InChI=1S/C23H30O6/c1-15-8-12-22-13-10-18(23(22,14-9-15)28-17(3)24)21(4,29-20(22)26)11-6-7-16(2)19(25)27-5/h6-8,11,18H,9-10,12-14H2,1-5H3/t18-,21+,22+,23-/m0/s1. The van der Waals surface area contributed by atoms with Gasteiger partial charge in [-0.15, -0.1) is 0 Å². The van der Waals surface area contributed by atoms with Crippen LogP contribution >= 0.6 is 0 Å². The predicted molar refractivity (Wildman–Crippen MR) is 107 cm³/mol. The fourth-order valence-corrected chi connectivity index (χ4v) is 5.41. The third kappa shape index (κ3) is 3.32. The number of cyclic esters (lactones) is 1. The highest BCUT2D eigenvalue weighted by Crippen LogP contribution is 2.65. The Kier molecular flexibility index (Phi) is 5.50. The van der Waals surface area contributed by atoms with Crippen LogP contribution in [0.2, 0.25) is 0 Å². The minimum absolute atomic E-state index is 0.154. The molecule has 2 aliphatic carbocycles. The zero-order chi connectivity index (χ0) is 21.4. The van der Waals surface area contributed by atoms with Gasteiger partial charge < -0.3 is 14.2 Å². The number of rotatable bonds is 4. The third-order valence-corrected chi connectivity index (χ3v) is 6.92. The minimum Gasteiger partial charge on any atom is -0.466 e. The van der Waals surface area contributed by atoms with Crippen molar-refractivity contribution >= 4 is 17.9 Å². The summed E-state index contributed by atoms with van der Waals surface area (Å²) in [5.74, 6) is -1.25. The molecule has 4 atom stereocenters. The van der Waals surface area contributed by atoms with Gasteiger partial charge in [-0.2, -0.15) is 0 Å². The summed E-state index contributed by atoms with van der Waals surface area (Å²) in [6.45, 7) is 6.97. The van der Waals surface area contributed by atoms with Gasteiger partial charge in [0.2, 0.25) is 0 Å². The molecule has 0 aromatic rings. The molecule has 2 fully saturated rings. The quantitative estimate of drug-likeness (QED) is 0.234. The lowest BCUT2D eigenvalue weighted by Crippen LogP contribution is -2.65. The van der Waals surface area contributed by atoms with Gasteiger partial charge in [-0.3, -0.25) is 9.59 Å². The average Bonchev–Trinajstić information content (AvgIpc) is 2.83. The lowest BCUT2D eigenvalue weighted by Gasteiger charge is -2.54. The van der Waals surface area contributed by atoms with Gasteiger partial charge in [0.05, 0.1) is 7.11 Å². The van der Waals surface area contributed by atoms with Crippen LogP contribution in [0.4, 0.5) is 0 Å². The van der Waals surface area contributed by atoms with E-state index < -0.39 is 22.6 Å². The first-order valence-corrected chi connectivity index (χ1v) is 10.1. The fraction of sp³-hybridized carbons (Fsp3) is 0.609. The second-order valence-electron chi connectivity index (χ2n) is 8.68. The van der Waals surface area contributed by atoms with Crippen molar-refractivity contribution in [1.82, 2.24) is 0 Å². The van der Waals surface area contributed by atoms with Crippen LogP contribution in [0.5, 0.6) is 0 Å². The summed E-state index contributed by atoms with van der Waals surface area (Å²) in [4.78, 5) is 37.1. The molecular weight excluding hydrogens is 372 g/mol. The largest absolute Gasteiger partial charge is 0.466 e. The predicted octanol–water partition coefficient (Wildman–Crippen LogP) is 3.81. The molecule has 3 rings (SSSR count). The van der Waals surface area contributed by atoms with E-state index in [-0.39, 0.29) is 17.9 Å². The molecule has 0 unspecified atom stereocenters.